The molecule has 0 fully saturated rings. The molecule has 0 heterocycles. The average Bonchev–Trinajstić information content (AvgIpc) is 2.20. The van der Waals surface area contributed by atoms with E-state index in [0.717, 1.165) is 6.07 Å². The molecule has 0 aliphatic carbocycles. The first-order valence-corrected chi connectivity index (χ1v) is 5.28. The third-order valence-corrected chi connectivity index (χ3v) is 2.33. The molecule has 0 aliphatic heterocycles. The summed E-state index contributed by atoms with van der Waals surface area (Å²) in [4.78, 5) is -0.0777. The molecule has 84 valence electrons. The van der Waals surface area contributed by atoms with Crippen molar-refractivity contribution < 1.29 is 22.6 Å². The van der Waals surface area contributed by atoms with Crippen molar-refractivity contribution in [3.8, 4) is 5.75 Å². The minimum Gasteiger partial charge on any atom is -0.490 e. The Morgan fingerprint density at radius 3 is 2.80 bits per heavy atom. The molecule has 1 aromatic rings. The van der Waals surface area contributed by atoms with Crippen LogP contribution in [0, 0.1) is 5.82 Å². The highest BCUT2D eigenvalue weighted by Crippen LogP contribution is 2.22. The van der Waals surface area contributed by atoms with Crippen LogP contribution in [-0.4, -0.2) is 29.1 Å². The fourth-order valence-electron chi connectivity index (χ4n) is 0.973. The molecule has 0 radical (unpaired) electrons. The van der Waals surface area contributed by atoms with Crippen LogP contribution in [0.1, 0.15) is 0 Å². The van der Waals surface area contributed by atoms with Crippen molar-refractivity contribution in [3.05, 3.63) is 24.0 Å². The Morgan fingerprint density at radius 2 is 2.20 bits per heavy atom. The molecule has 1 atom stereocenters. The van der Waals surface area contributed by atoms with Crippen LogP contribution in [0.3, 0.4) is 0 Å². The van der Waals surface area contributed by atoms with Crippen LogP contribution in [0.25, 0.3) is 0 Å². The molecule has 0 amide bonds. The van der Waals surface area contributed by atoms with Gasteiger partial charge in [0.05, 0.1) is 6.61 Å². The zero-order chi connectivity index (χ0) is 11.3. The summed E-state index contributed by atoms with van der Waals surface area (Å²) in [6.45, 7) is 0.598. The van der Waals surface area contributed by atoms with E-state index in [1.54, 1.807) is 0 Å². The number of halogens is 1. The zero-order valence-corrected chi connectivity index (χ0v) is 8.92. The van der Waals surface area contributed by atoms with Gasteiger partial charge in [-0.1, -0.05) is 0 Å². The minimum atomic E-state index is -2.26. The lowest BCUT2D eigenvalue weighted by Gasteiger charge is -2.08. The second-order valence-electron chi connectivity index (χ2n) is 2.68. The normalized spacial score (nSPS) is 12.5. The van der Waals surface area contributed by atoms with Gasteiger partial charge in [-0.15, -0.1) is 0 Å². The molecule has 1 rings (SSSR count). The van der Waals surface area contributed by atoms with E-state index >= 15 is 0 Å². The van der Waals surface area contributed by atoms with Gasteiger partial charge in [-0.05, 0) is 18.2 Å². The SMILES string of the molecule is COCCOc1ccc(F)cc1S(=O)O. The number of ether oxygens (including phenoxy) is 2. The summed E-state index contributed by atoms with van der Waals surface area (Å²) in [6.07, 6.45) is 0. The molecule has 6 heteroatoms. The molecule has 1 unspecified atom stereocenters. The lowest BCUT2D eigenvalue weighted by molar-refractivity contribution is 0.144. The van der Waals surface area contributed by atoms with Gasteiger partial charge in [-0.25, -0.2) is 8.60 Å². The van der Waals surface area contributed by atoms with E-state index in [4.69, 9.17) is 14.0 Å². The molecule has 1 aromatic carbocycles. The Hall–Kier alpha value is -0.980. The van der Waals surface area contributed by atoms with Crippen LogP contribution in [-0.2, 0) is 15.8 Å². The summed E-state index contributed by atoms with van der Waals surface area (Å²) in [6, 6.07) is 3.45. The lowest BCUT2D eigenvalue weighted by Crippen LogP contribution is -2.06. The first-order valence-electron chi connectivity index (χ1n) is 4.17. The van der Waals surface area contributed by atoms with Gasteiger partial charge in [0, 0.05) is 7.11 Å². The first-order chi connectivity index (χ1) is 7.15. The number of rotatable bonds is 5. The van der Waals surface area contributed by atoms with Gasteiger partial charge < -0.3 is 14.0 Å². The second kappa shape index (κ2) is 5.79. The van der Waals surface area contributed by atoms with Crippen LogP contribution in [0.2, 0.25) is 0 Å². The molecule has 0 aromatic heterocycles. The maximum Gasteiger partial charge on any atom is 0.190 e. The van der Waals surface area contributed by atoms with Gasteiger partial charge in [0.1, 0.15) is 23.1 Å². The van der Waals surface area contributed by atoms with Gasteiger partial charge in [-0.2, -0.15) is 0 Å². The van der Waals surface area contributed by atoms with Crippen molar-refractivity contribution in [2.45, 2.75) is 4.90 Å². The predicted molar refractivity (Wildman–Crippen MR) is 52.8 cm³/mol. The maximum atomic E-state index is 12.8. The van der Waals surface area contributed by atoms with Crippen LogP contribution in [0.5, 0.6) is 5.75 Å². The summed E-state index contributed by atoms with van der Waals surface area (Å²) in [5.74, 6) is -0.388. The Morgan fingerprint density at radius 1 is 1.47 bits per heavy atom. The third-order valence-electron chi connectivity index (χ3n) is 1.64. The Kier molecular flexibility index (Phi) is 4.67. The lowest BCUT2D eigenvalue weighted by atomic mass is 10.3. The highest BCUT2D eigenvalue weighted by Gasteiger charge is 2.10. The van der Waals surface area contributed by atoms with Crippen molar-refractivity contribution >= 4 is 11.1 Å². The molecule has 4 nitrogen and oxygen atoms in total. The van der Waals surface area contributed by atoms with Crippen molar-refractivity contribution in [1.82, 2.24) is 0 Å². The summed E-state index contributed by atoms with van der Waals surface area (Å²) in [7, 11) is 1.51. The van der Waals surface area contributed by atoms with Crippen LogP contribution >= 0.6 is 0 Å². The van der Waals surface area contributed by atoms with Gasteiger partial charge in [0.25, 0.3) is 0 Å². The smallest absolute Gasteiger partial charge is 0.190 e. The van der Waals surface area contributed by atoms with Crippen molar-refractivity contribution in [2.24, 2.45) is 0 Å². The highest BCUT2D eigenvalue weighted by atomic mass is 32.2. The fourth-order valence-corrected chi connectivity index (χ4v) is 1.49. The Balaban J connectivity index is 2.81. The standard InChI is InChI=1S/C9H11FO4S/c1-13-4-5-14-8-3-2-7(10)6-9(8)15(11)12/h2-3,6H,4-5H2,1H3,(H,11,12). The van der Waals surface area contributed by atoms with Crippen molar-refractivity contribution in [2.75, 3.05) is 20.3 Å². The molecular weight excluding hydrogens is 223 g/mol. The molecule has 0 saturated heterocycles. The monoisotopic (exact) mass is 234 g/mol. The summed E-state index contributed by atoms with van der Waals surface area (Å²) in [5, 5.41) is 0. The van der Waals surface area contributed by atoms with E-state index in [9.17, 15) is 8.60 Å². The second-order valence-corrected chi connectivity index (χ2v) is 3.62. The van der Waals surface area contributed by atoms with E-state index in [1.165, 1.54) is 19.2 Å². The summed E-state index contributed by atoms with van der Waals surface area (Å²) in [5.41, 5.74) is 0. The molecule has 1 N–H and O–H groups in total. The number of methoxy groups -OCH3 is 1. The minimum absolute atomic E-state index is 0.0777. The third kappa shape index (κ3) is 3.58. The van der Waals surface area contributed by atoms with E-state index in [-0.39, 0.29) is 17.3 Å². The van der Waals surface area contributed by atoms with Crippen LogP contribution in [0.4, 0.5) is 4.39 Å². The van der Waals surface area contributed by atoms with Crippen molar-refractivity contribution in [3.63, 3.8) is 0 Å². The van der Waals surface area contributed by atoms with E-state index < -0.39 is 16.9 Å². The topological polar surface area (TPSA) is 55.8 Å². The highest BCUT2D eigenvalue weighted by molar-refractivity contribution is 7.79. The van der Waals surface area contributed by atoms with Gasteiger partial charge in [0.15, 0.2) is 11.1 Å². The van der Waals surface area contributed by atoms with E-state index in [0.29, 0.717) is 6.61 Å². The van der Waals surface area contributed by atoms with Crippen LogP contribution in [0.15, 0.2) is 23.1 Å². The number of hydrogen-bond donors (Lipinski definition) is 1. The van der Waals surface area contributed by atoms with Gasteiger partial charge in [-0.3, -0.25) is 0 Å². The van der Waals surface area contributed by atoms with Gasteiger partial charge >= 0.3 is 0 Å². The first kappa shape index (κ1) is 12.1. The van der Waals surface area contributed by atoms with Crippen molar-refractivity contribution in [1.29, 1.82) is 0 Å². The molecular formula is C9H11FO4S. The Labute approximate surface area is 89.3 Å². The Bertz CT molecular complexity index is 356. The molecule has 0 spiro atoms. The predicted octanol–water partition coefficient (Wildman–Crippen LogP) is 1.43. The maximum absolute atomic E-state index is 12.8. The fraction of sp³-hybridized carbons (Fsp3) is 0.333. The number of hydrogen-bond acceptors (Lipinski definition) is 3. The molecule has 0 bridgehead atoms. The molecule has 0 aliphatic rings. The largest absolute Gasteiger partial charge is 0.490 e. The average molecular weight is 234 g/mol. The van der Waals surface area contributed by atoms with E-state index in [1.807, 2.05) is 0 Å². The number of benzene rings is 1. The summed E-state index contributed by atoms with van der Waals surface area (Å²) < 4.78 is 42.4. The zero-order valence-electron chi connectivity index (χ0n) is 8.10. The quantitative estimate of drug-likeness (QED) is 0.618. The van der Waals surface area contributed by atoms with E-state index in [2.05, 4.69) is 0 Å². The summed E-state index contributed by atoms with van der Waals surface area (Å²) >= 11 is -2.26. The van der Waals surface area contributed by atoms with Gasteiger partial charge in [0.2, 0.25) is 0 Å². The molecule has 0 saturated carbocycles. The van der Waals surface area contributed by atoms with Crippen LogP contribution < -0.4 is 4.74 Å². The molecule has 15 heavy (non-hydrogen) atoms.